The molecule has 3 heteroatoms. The summed E-state index contributed by atoms with van der Waals surface area (Å²) in [5.41, 5.74) is 2.72. The third kappa shape index (κ3) is 4.51. The van der Waals surface area contributed by atoms with Gasteiger partial charge in [0.15, 0.2) is 0 Å². The third-order valence-corrected chi connectivity index (χ3v) is 4.56. The molecule has 2 rings (SSSR count). The molecular formula is C17H23Cl2N. The quantitative estimate of drug-likeness (QED) is 0.743. The molecular weight excluding hydrogens is 289 g/mol. The molecule has 1 aliphatic heterocycles. The molecule has 1 heterocycles. The largest absolute Gasteiger partial charge is 0.310 e. The highest BCUT2D eigenvalue weighted by Gasteiger charge is 2.21. The van der Waals surface area contributed by atoms with Crippen LogP contribution in [-0.4, -0.2) is 18.0 Å². The van der Waals surface area contributed by atoms with Crippen LogP contribution in [0.2, 0.25) is 5.02 Å². The summed E-state index contributed by atoms with van der Waals surface area (Å²) in [5.74, 6) is 0.646. The first kappa shape index (κ1) is 15.9. The van der Waals surface area contributed by atoms with Crippen molar-refractivity contribution in [3.8, 4) is 0 Å². The van der Waals surface area contributed by atoms with Gasteiger partial charge in [-0.25, -0.2) is 0 Å². The van der Waals surface area contributed by atoms with E-state index in [1.54, 1.807) is 0 Å². The monoisotopic (exact) mass is 311 g/mol. The molecule has 0 amide bonds. The van der Waals surface area contributed by atoms with Crippen LogP contribution in [0.3, 0.4) is 0 Å². The second kappa shape index (κ2) is 7.49. The van der Waals surface area contributed by atoms with E-state index < -0.39 is 0 Å². The van der Waals surface area contributed by atoms with Crippen LogP contribution >= 0.6 is 23.2 Å². The van der Waals surface area contributed by atoms with Gasteiger partial charge in [-0.3, -0.25) is 0 Å². The Hall–Kier alpha value is -0.500. The Morgan fingerprint density at radius 1 is 1.20 bits per heavy atom. The Morgan fingerprint density at radius 2 is 1.90 bits per heavy atom. The normalized spacial score (nSPS) is 22.2. The third-order valence-electron chi connectivity index (χ3n) is 4.09. The van der Waals surface area contributed by atoms with Gasteiger partial charge in [0, 0.05) is 23.0 Å². The molecule has 3 unspecified atom stereocenters. The van der Waals surface area contributed by atoms with E-state index in [-0.39, 0.29) is 5.38 Å². The first-order valence-corrected chi connectivity index (χ1v) is 8.20. The average molecular weight is 312 g/mol. The zero-order valence-corrected chi connectivity index (χ0v) is 13.7. The predicted octanol–water partition coefficient (Wildman–Crippen LogP) is 5.13. The highest BCUT2D eigenvalue weighted by atomic mass is 35.5. The highest BCUT2D eigenvalue weighted by Crippen LogP contribution is 2.28. The van der Waals surface area contributed by atoms with Gasteiger partial charge in [0.1, 0.15) is 0 Å². The standard InChI is InChI=1S/C17H23Cl2N/c1-12(3-4-13(2)18)17-11-15(9-10-20-17)14-5-7-16(19)8-6-14/h5-9,12-13,17,20H,3-4,10-11H2,1-2H3. The summed E-state index contributed by atoms with van der Waals surface area (Å²) in [6, 6.07) is 8.70. The topological polar surface area (TPSA) is 12.0 Å². The summed E-state index contributed by atoms with van der Waals surface area (Å²) in [7, 11) is 0. The number of halogens is 2. The molecule has 1 nitrogen and oxygen atoms in total. The molecule has 0 bridgehead atoms. The molecule has 0 radical (unpaired) electrons. The smallest absolute Gasteiger partial charge is 0.0406 e. The van der Waals surface area contributed by atoms with Crippen molar-refractivity contribution in [3.05, 3.63) is 40.9 Å². The minimum Gasteiger partial charge on any atom is -0.310 e. The molecule has 0 saturated heterocycles. The predicted molar refractivity (Wildman–Crippen MR) is 89.5 cm³/mol. The van der Waals surface area contributed by atoms with Gasteiger partial charge >= 0.3 is 0 Å². The molecule has 0 aliphatic carbocycles. The maximum absolute atomic E-state index is 6.06. The van der Waals surface area contributed by atoms with E-state index in [0.29, 0.717) is 12.0 Å². The molecule has 0 fully saturated rings. The Balaban J connectivity index is 1.97. The first-order valence-electron chi connectivity index (χ1n) is 7.38. The number of nitrogens with one attached hydrogen (secondary N) is 1. The van der Waals surface area contributed by atoms with E-state index in [0.717, 1.165) is 24.4 Å². The lowest BCUT2D eigenvalue weighted by Gasteiger charge is -2.30. The lowest BCUT2D eigenvalue weighted by molar-refractivity contribution is 0.358. The van der Waals surface area contributed by atoms with Crippen molar-refractivity contribution in [2.75, 3.05) is 6.54 Å². The molecule has 3 atom stereocenters. The zero-order chi connectivity index (χ0) is 14.5. The van der Waals surface area contributed by atoms with Gasteiger partial charge in [-0.2, -0.15) is 0 Å². The first-order chi connectivity index (χ1) is 9.56. The van der Waals surface area contributed by atoms with E-state index in [4.69, 9.17) is 23.2 Å². The minimum absolute atomic E-state index is 0.271. The van der Waals surface area contributed by atoms with Gasteiger partial charge in [0.25, 0.3) is 0 Å². The summed E-state index contributed by atoms with van der Waals surface area (Å²) in [4.78, 5) is 0. The average Bonchev–Trinajstić information content (AvgIpc) is 2.45. The Morgan fingerprint density at radius 3 is 2.55 bits per heavy atom. The molecule has 0 spiro atoms. The summed E-state index contributed by atoms with van der Waals surface area (Å²) < 4.78 is 0. The maximum atomic E-state index is 6.06. The molecule has 110 valence electrons. The highest BCUT2D eigenvalue weighted by molar-refractivity contribution is 6.30. The van der Waals surface area contributed by atoms with Crippen LogP contribution in [0.4, 0.5) is 0 Å². The lowest BCUT2D eigenvalue weighted by Crippen LogP contribution is -2.38. The summed E-state index contributed by atoms with van der Waals surface area (Å²) >= 11 is 12.0. The summed E-state index contributed by atoms with van der Waals surface area (Å²) in [5, 5.41) is 4.67. The van der Waals surface area contributed by atoms with Gasteiger partial charge in [0.05, 0.1) is 0 Å². The van der Waals surface area contributed by atoms with Crippen LogP contribution in [-0.2, 0) is 0 Å². The Kier molecular flexibility index (Phi) is 5.95. The molecule has 0 aromatic heterocycles. The zero-order valence-electron chi connectivity index (χ0n) is 12.2. The van der Waals surface area contributed by atoms with Crippen LogP contribution in [0.5, 0.6) is 0 Å². The fourth-order valence-electron chi connectivity index (χ4n) is 2.72. The van der Waals surface area contributed by atoms with Crippen LogP contribution < -0.4 is 5.32 Å². The van der Waals surface area contributed by atoms with Crippen molar-refractivity contribution in [2.24, 2.45) is 5.92 Å². The summed E-state index contributed by atoms with van der Waals surface area (Å²) in [6.07, 6.45) is 5.63. The van der Waals surface area contributed by atoms with Crippen LogP contribution in [0, 0.1) is 5.92 Å². The fourth-order valence-corrected chi connectivity index (χ4v) is 2.97. The molecule has 0 saturated carbocycles. The van der Waals surface area contributed by atoms with Crippen LogP contribution in [0.1, 0.15) is 38.7 Å². The fraction of sp³-hybridized carbons (Fsp3) is 0.529. The molecule has 1 aliphatic rings. The SMILES string of the molecule is CC(Cl)CCC(C)C1CC(c2ccc(Cl)cc2)=CCN1. The lowest BCUT2D eigenvalue weighted by atomic mass is 9.86. The number of alkyl halides is 1. The Labute approximate surface area is 132 Å². The molecule has 1 N–H and O–H groups in total. The van der Waals surface area contributed by atoms with Gasteiger partial charge in [0.2, 0.25) is 0 Å². The Bertz CT molecular complexity index is 451. The van der Waals surface area contributed by atoms with Crippen molar-refractivity contribution in [1.82, 2.24) is 5.32 Å². The second-order valence-corrected chi connectivity index (χ2v) is 6.97. The molecule has 1 aromatic rings. The number of rotatable bonds is 5. The molecule has 1 aromatic carbocycles. The summed E-state index contributed by atoms with van der Waals surface area (Å²) in [6.45, 7) is 5.34. The van der Waals surface area contributed by atoms with Gasteiger partial charge < -0.3 is 5.32 Å². The van der Waals surface area contributed by atoms with E-state index in [9.17, 15) is 0 Å². The van der Waals surface area contributed by atoms with Crippen LogP contribution in [0.25, 0.3) is 5.57 Å². The van der Waals surface area contributed by atoms with Crippen molar-refractivity contribution in [2.45, 2.75) is 44.5 Å². The minimum atomic E-state index is 0.271. The van der Waals surface area contributed by atoms with Crippen molar-refractivity contribution in [3.63, 3.8) is 0 Å². The van der Waals surface area contributed by atoms with Gasteiger partial charge in [-0.05, 0) is 55.4 Å². The van der Waals surface area contributed by atoms with E-state index in [2.05, 4.69) is 37.4 Å². The number of hydrogen-bond acceptors (Lipinski definition) is 1. The number of hydrogen-bond donors (Lipinski definition) is 1. The van der Waals surface area contributed by atoms with E-state index in [1.807, 2.05) is 12.1 Å². The van der Waals surface area contributed by atoms with Crippen LogP contribution in [0.15, 0.2) is 30.3 Å². The van der Waals surface area contributed by atoms with Gasteiger partial charge in [-0.1, -0.05) is 36.7 Å². The van der Waals surface area contributed by atoms with Crippen molar-refractivity contribution < 1.29 is 0 Å². The van der Waals surface area contributed by atoms with Crippen molar-refractivity contribution >= 4 is 28.8 Å². The van der Waals surface area contributed by atoms with Gasteiger partial charge in [-0.15, -0.1) is 11.6 Å². The number of benzene rings is 1. The second-order valence-electron chi connectivity index (χ2n) is 5.79. The molecule has 20 heavy (non-hydrogen) atoms. The maximum Gasteiger partial charge on any atom is 0.0406 e. The van der Waals surface area contributed by atoms with Crippen molar-refractivity contribution in [1.29, 1.82) is 0 Å². The van der Waals surface area contributed by atoms with E-state index >= 15 is 0 Å². The van der Waals surface area contributed by atoms with E-state index in [1.165, 1.54) is 17.6 Å².